The van der Waals surface area contributed by atoms with Gasteiger partial charge in [-0.05, 0) is 55.4 Å². The fourth-order valence-corrected chi connectivity index (χ4v) is 6.10. The summed E-state index contributed by atoms with van der Waals surface area (Å²) in [6.45, 7) is 0. The van der Waals surface area contributed by atoms with E-state index in [2.05, 4.69) is 0 Å². The summed E-state index contributed by atoms with van der Waals surface area (Å²) in [5.74, 6) is -1.83. The second-order valence-corrected chi connectivity index (χ2v) is 8.58. The number of hydrogen-bond acceptors (Lipinski definition) is 3. The molecule has 0 atom stereocenters. The van der Waals surface area contributed by atoms with Crippen LogP contribution in [0.1, 0.15) is 38.5 Å². The lowest BCUT2D eigenvalue weighted by Gasteiger charge is -2.51. The summed E-state index contributed by atoms with van der Waals surface area (Å²) in [7, 11) is -4.01. The zero-order valence-electron chi connectivity index (χ0n) is 11.5. The third-order valence-corrected chi connectivity index (χ3v) is 7.40. The molecule has 0 saturated heterocycles. The van der Waals surface area contributed by atoms with Crippen molar-refractivity contribution in [2.45, 2.75) is 48.2 Å². The van der Waals surface area contributed by atoms with Gasteiger partial charge in [0.25, 0.3) is 0 Å². The van der Waals surface area contributed by atoms with E-state index in [-0.39, 0.29) is 23.2 Å². The first kappa shape index (κ1) is 14.5. The van der Waals surface area contributed by atoms with E-state index in [1.165, 1.54) is 0 Å². The molecule has 2 aliphatic carbocycles. The summed E-state index contributed by atoms with van der Waals surface area (Å²) in [5, 5.41) is 9.53. The van der Waals surface area contributed by atoms with Gasteiger partial charge in [0, 0.05) is 0 Å². The van der Waals surface area contributed by atoms with Gasteiger partial charge in [0.05, 0.1) is 4.90 Å². The molecule has 0 amide bonds. The SMILES string of the molecule is O=C(O)C1(S(=O)(=O)c2ccc(F)cc2)CC2(CCCC2)C1. The van der Waals surface area contributed by atoms with E-state index in [0.717, 1.165) is 49.9 Å². The van der Waals surface area contributed by atoms with Crippen LogP contribution in [-0.4, -0.2) is 24.2 Å². The third kappa shape index (κ3) is 1.99. The van der Waals surface area contributed by atoms with Gasteiger partial charge in [-0.25, -0.2) is 12.8 Å². The van der Waals surface area contributed by atoms with Crippen molar-refractivity contribution in [3.63, 3.8) is 0 Å². The molecule has 0 aliphatic heterocycles. The molecule has 1 aromatic carbocycles. The Morgan fingerprint density at radius 1 is 1.10 bits per heavy atom. The molecule has 0 heterocycles. The highest BCUT2D eigenvalue weighted by molar-refractivity contribution is 7.93. The highest BCUT2D eigenvalue weighted by Crippen LogP contribution is 2.61. The number of halogens is 1. The molecule has 0 unspecified atom stereocenters. The van der Waals surface area contributed by atoms with Gasteiger partial charge in [-0.2, -0.15) is 0 Å². The van der Waals surface area contributed by atoms with Crippen LogP contribution in [0.5, 0.6) is 0 Å². The average molecular weight is 312 g/mol. The summed E-state index contributed by atoms with van der Waals surface area (Å²) >= 11 is 0. The van der Waals surface area contributed by atoms with Gasteiger partial charge in [-0.3, -0.25) is 4.79 Å². The maximum atomic E-state index is 13.0. The number of sulfone groups is 1. The van der Waals surface area contributed by atoms with E-state index >= 15 is 0 Å². The van der Waals surface area contributed by atoms with Crippen LogP contribution in [-0.2, 0) is 14.6 Å². The third-order valence-electron chi connectivity index (χ3n) is 5.01. The lowest BCUT2D eigenvalue weighted by molar-refractivity contribution is -0.147. The summed E-state index contributed by atoms with van der Waals surface area (Å²) in [6, 6.07) is 4.39. The lowest BCUT2D eigenvalue weighted by Crippen LogP contribution is -2.60. The maximum absolute atomic E-state index is 13.0. The van der Waals surface area contributed by atoms with E-state index < -0.39 is 26.4 Å². The van der Waals surface area contributed by atoms with Crippen molar-refractivity contribution in [2.24, 2.45) is 5.41 Å². The molecule has 0 bridgehead atoms. The van der Waals surface area contributed by atoms with Crippen LogP contribution in [0.4, 0.5) is 4.39 Å². The molecule has 1 N–H and O–H groups in total. The Balaban J connectivity index is 1.99. The van der Waals surface area contributed by atoms with Crippen LogP contribution in [0.3, 0.4) is 0 Å². The van der Waals surface area contributed by atoms with Crippen LogP contribution in [0.15, 0.2) is 29.2 Å². The van der Waals surface area contributed by atoms with E-state index in [0.29, 0.717) is 0 Å². The first-order valence-corrected chi connectivity index (χ1v) is 8.53. The van der Waals surface area contributed by atoms with Gasteiger partial charge in [0.2, 0.25) is 0 Å². The monoisotopic (exact) mass is 312 g/mol. The molecule has 2 fully saturated rings. The number of carboxylic acids is 1. The number of aliphatic carboxylic acids is 1. The number of carboxylic acid groups (broad SMARTS) is 1. The predicted octanol–water partition coefficient (Wildman–Crippen LogP) is 2.78. The smallest absolute Gasteiger partial charge is 0.325 e. The van der Waals surface area contributed by atoms with Gasteiger partial charge in [0.15, 0.2) is 14.6 Å². The molecule has 4 nitrogen and oxygen atoms in total. The van der Waals surface area contributed by atoms with Crippen molar-refractivity contribution in [1.82, 2.24) is 0 Å². The second-order valence-electron chi connectivity index (χ2n) is 6.32. The van der Waals surface area contributed by atoms with E-state index in [4.69, 9.17) is 0 Å². The molecule has 2 aliphatic rings. The van der Waals surface area contributed by atoms with Gasteiger partial charge in [-0.1, -0.05) is 12.8 Å². The van der Waals surface area contributed by atoms with Gasteiger partial charge in [-0.15, -0.1) is 0 Å². The normalized spacial score (nSPS) is 22.9. The molecule has 2 saturated carbocycles. The van der Waals surface area contributed by atoms with Crippen LogP contribution in [0.25, 0.3) is 0 Å². The Hall–Kier alpha value is -1.43. The molecular formula is C15H17FO4S. The van der Waals surface area contributed by atoms with Crippen LogP contribution >= 0.6 is 0 Å². The zero-order valence-corrected chi connectivity index (χ0v) is 12.3. The largest absolute Gasteiger partial charge is 0.480 e. The molecule has 1 spiro atoms. The Morgan fingerprint density at radius 3 is 2.10 bits per heavy atom. The second kappa shape index (κ2) is 4.53. The Bertz CT molecular complexity index is 664. The summed E-state index contributed by atoms with van der Waals surface area (Å²) < 4.78 is 36.7. The minimum atomic E-state index is -4.01. The molecular weight excluding hydrogens is 295 g/mol. The quantitative estimate of drug-likeness (QED) is 0.871. The lowest BCUT2D eigenvalue weighted by atomic mass is 9.60. The van der Waals surface area contributed by atoms with Crippen molar-refractivity contribution < 1.29 is 22.7 Å². The van der Waals surface area contributed by atoms with Crippen molar-refractivity contribution in [1.29, 1.82) is 0 Å². The number of rotatable bonds is 3. The van der Waals surface area contributed by atoms with Crippen molar-refractivity contribution in [2.75, 3.05) is 0 Å². The van der Waals surface area contributed by atoms with Crippen LogP contribution in [0, 0.1) is 11.2 Å². The predicted molar refractivity (Wildman–Crippen MR) is 74.1 cm³/mol. The minimum Gasteiger partial charge on any atom is -0.480 e. The van der Waals surface area contributed by atoms with E-state index in [1.54, 1.807) is 0 Å². The highest BCUT2D eigenvalue weighted by atomic mass is 32.2. The highest BCUT2D eigenvalue weighted by Gasteiger charge is 2.66. The number of benzene rings is 1. The fourth-order valence-electron chi connectivity index (χ4n) is 3.93. The Labute approximate surface area is 122 Å². The average Bonchev–Trinajstić information content (AvgIpc) is 2.85. The van der Waals surface area contributed by atoms with Crippen LogP contribution < -0.4 is 0 Å². The Morgan fingerprint density at radius 2 is 1.62 bits per heavy atom. The van der Waals surface area contributed by atoms with Crippen molar-refractivity contribution in [3.05, 3.63) is 30.1 Å². The molecule has 114 valence electrons. The standard InChI is InChI=1S/C15H17FO4S/c16-11-3-5-12(6-4-11)21(19,20)15(13(17)18)9-14(10-15)7-1-2-8-14/h3-6H,1-2,7-10H2,(H,17,18). The maximum Gasteiger partial charge on any atom is 0.325 e. The van der Waals surface area contributed by atoms with Crippen LogP contribution in [0.2, 0.25) is 0 Å². The first-order valence-electron chi connectivity index (χ1n) is 7.05. The van der Waals surface area contributed by atoms with E-state index in [1.807, 2.05) is 0 Å². The van der Waals surface area contributed by atoms with Gasteiger partial charge >= 0.3 is 5.97 Å². The molecule has 1 aromatic rings. The topological polar surface area (TPSA) is 71.4 Å². The molecule has 21 heavy (non-hydrogen) atoms. The van der Waals surface area contributed by atoms with Gasteiger partial charge < -0.3 is 5.11 Å². The van der Waals surface area contributed by atoms with Crippen molar-refractivity contribution in [3.8, 4) is 0 Å². The first-order chi connectivity index (χ1) is 9.81. The summed E-state index contributed by atoms with van der Waals surface area (Å²) in [4.78, 5) is 11.6. The van der Waals surface area contributed by atoms with Gasteiger partial charge in [0.1, 0.15) is 5.82 Å². The molecule has 6 heteroatoms. The minimum absolute atomic E-state index is 0.112. The zero-order chi connectivity index (χ0) is 15.3. The summed E-state index contributed by atoms with van der Waals surface area (Å²) in [5.41, 5.74) is -0.120. The fraction of sp³-hybridized carbons (Fsp3) is 0.533. The molecule has 3 rings (SSSR count). The Kier molecular flexibility index (Phi) is 3.13. The number of carbonyl (C=O) groups is 1. The van der Waals surface area contributed by atoms with Crippen molar-refractivity contribution >= 4 is 15.8 Å². The molecule has 0 aromatic heterocycles. The summed E-state index contributed by atoms with van der Waals surface area (Å²) in [6.07, 6.45) is 4.23. The van der Waals surface area contributed by atoms with E-state index in [9.17, 15) is 22.7 Å². The molecule has 0 radical (unpaired) electrons. The number of hydrogen-bond donors (Lipinski definition) is 1.